The Morgan fingerprint density at radius 3 is 1.17 bits per heavy atom. The molecule has 4 aliphatic rings. The van der Waals surface area contributed by atoms with Gasteiger partial charge in [-0.2, -0.15) is 0 Å². The molecule has 0 N–H and O–H groups in total. The van der Waals surface area contributed by atoms with Gasteiger partial charge in [0.25, 0.3) is 0 Å². The van der Waals surface area contributed by atoms with Crippen molar-refractivity contribution < 1.29 is 8.85 Å². The van der Waals surface area contributed by atoms with Crippen molar-refractivity contribution >= 4 is 16.6 Å². The maximum atomic E-state index is 7.40. The van der Waals surface area contributed by atoms with Crippen LogP contribution >= 0.6 is 0 Å². The largest absolute Gasteiger partial charge is 0.412 e. The summed E-state index contributed by atoms with van der Waals surface area (Å²) in [5.41, 5.74) is 2.34. The molecule has 0 spiro atoms. The Balaban J connectivity index is 1.49. The van der Waals surface area contributed by atoms with Gasteiger partial charge in [-0.1, -0.05) is 116 Å². The molecule has 8 atom stereocenters. The van der Waals surface area contributed by atoms with Crippen molar-refractivity contribution in [3.05, 3.63) is 73.9 Å². The van der Waals surface area contributed by atoms with E-state index in [1.807, 2.05) is 0 Å². The average Bonchev–Trinajstić information content (AvgIpc) is 3.48. The Kier molecular flexibility index (Phi) is 11.4. The van der Waals surface area contributed by atoms with Gasteiger partial charge in [0.1, 0.15) is 0 Å². The maximum absolute atomic E-state index is 7.40. The van der Waals surface area contributed by atoms with Gasteiger partial charge in [0.2, 0.25) is 16.6 Å². The van der Waals surface area contributed by atoms with E-state index < -0.39 is 16.6 Å². The first-order chi connectivity index (χ1) is 20.0. The van der Waals surface area contributed by atoms with Crippen LogP contribution in [0.2, 0.25) is 34.3 Å². The molecule has 0 radical (unpaired) electrons. The average molecular weight is 607 g/mol. The molecule has 0 amide bonds. The molecule has 0 aromatic rings. The van der Waals surface area contributed by atoms with E-state index in [1.165, 1.54) is 25.7 Å². The fraction of sp³-hybridized carbons (Fsp3) is 0.684. The number of fused-ring (bicyclic) bond motifs is 2. The first-order valence-electron chi connectivity index (χ1n) is 17.3. The fourth-order valence-electron chi connectivity index (χ4n) is 9.43. The second kappa shape index (κ2) is 14.3. The van der Waals surface area contributed by atoms with Crippen LogP contribution in [0.3, 0.4) is 0 Å². The summed E-state index contributed by atoms with van der Waals surface area (Å²) >= 11 is 0. The highest BCUT2D eigenvalue weighted by atomic mass is 28.4. The van der Waals surface area contributed by atoms with Gasteiger partial charge >= 0.3 is 0 Å². The summed E-state index contributed by atoms with van der Waals surface area (Å²) in [6, 6.07) is 2.10. The number of allylic oxidation sites excluding steroid dienone is 8. The lowest BCUT2D eigenvalue weighted by molar-refractivity contribution is 0.149. The van der Waals surface area contributed by atoms with Gasteiger partial charge in [0.15, 0.2) is 0 Å². The summed E-state index contributed by atoms with van der Waals surface area (Å²) in [4.78, 5) is 0. The fourth-order valence-corrected chi connectivity index (χ4v) is 17.8. The Hall–Kier alpha value is -1.21. The van der Waals surface area contributed by atoms with Crippen LogP contribution in [-0.4, -0.2) is 28.8 Å². The quantitative estimate of drug-likeness (QED) is 0.136. The molecule has 234 valence electrons. The molecule has 2 saturated carbocycles. The van der Waals surface area contributed by atoms with E-state index in [4.69, 9.17) is 8.85 Å². The molecule has 2 nitrogen and oxygen atoms in total. The Bertz CT molecular complexity index is 936. The predicted molar refractivity (Wildman–Crippen MR) is 188 cm³/mol. The molecule has 0 heterocycles. The van der Waals surface area contributed by atoms with Crippen molar-refractivity contribution in [2.75, 3.05) is 0 Å². The third-order valence-electron chi connectivity index (χ3n) is 11.9. The van der Waals surface area contributed by atoms with Gasteiger partial charge in [-0.15, -0.1) is 13.2 Å². The molecule has 4 heteroatoms. The van der Waals surface area contributed by atoms with E-state index in [0.29, 0.717) is 69.9 Å². The Morgan fingerprint density at radius 2 is 0.881 bits per heavy atom. The van der Waals surface area contributed by atoms with E-state index in [9.17, 15) is 0 Å². The maximum Gasteiger partial charge on any atom is 0.201 e. The minimum Gasteiger partial charge on any atom is -0.412 e. The highest BCUT2D eigenvalue weighted by molar-refractivity contribution is 6.77. The van der Waals surface area contributed by atoms with Crippen molar-refractivity contribution in [2.24, 2.45) is 35.5 Å². The van der Waals surface area contributed by atoms with Crippen LogP contribution in [0, 0.1) is 35.5 Å². The minimum atomic E-state index is -1.96. The number of hydrogen-bond donors (Lipinski definition) is 0. The van der Waals surface area contributed by atoms with Gasteiger partial charge < -0.3 is 8.85 Å². The second-order valence-corrected chi connectivity index (χ2v) is 25.0. The molecule has 4 aliphatic carbocycles. The van der Waals surface area contributed by atoms with Crippen LogP contribution in [0.15, 0.2) is 73.9 Å². The molecular weight excluding hydrogens is 545 g/mol. The molecule has 0 aliphatic heterocycles. The molecule has 0 saturated heterocycles. The third kappa shape index (κ3) is 6.58. The summed E-state index contributed by atoms with van der Waals surface area (Å²) < 4.78 is 14.8. The van der Waals surface area contributed by atoms with E-state index >= 15 is 0 Å². The zero-order chi connectivity index (χ0) is 30.7. The van der Waals surface area contributed by atoms with Crippen molar-refractivity contribution in [1.82, 2.24) is 0 Å². The predicted octanol–water partition coefficient (Wildman–Crippen LogP) is 11.2. The molecule has 42 heavy (non-hydrogen) atoms. The zero-order valence-electron chi connectivity index (χ0n) is 28.2. The topological polar surface area (TPSA) is 18.5 Å². The van der Waals surface area contributed by atoms with Crippen molar-refractivity contribution in [3.8, 4) is 0 Å². The van der Waals surface area contributed by atoms with Crippen LogP contribution in [0.4, 0.5) is 0 Å². The highest BCUT2D eigenvalue weighted by Crippen LogP contribution is 2.52. The molecule has 0 aromatic carbocycles. The van der Waals surface area contributed by atoms with Crippen molar-refractivity contribution in [1.29, 1.82) is 0 Å². The van der Waals surface area contributed by atoms with Gasteiger partial charge in [-0.25, -0.2) is 0 Å². The van der Waals surface area contributed by atoms with E-state index in [0.717, 1.165) is 12.1 Å². The van der Waals surface area contributed by atoms with Gasteiger partial charge in [0, 0.05) is 11.8 Å². The lowest BCUT2D eigenvalue weighted by atomic mass is 9.79. The Morgan fingerprint density at radius 1 is 0.571 bits per heavy atom. The lowest BCUT2D eigenvalue weighted by Gasteiger charge is -2.41. The van der Waals surface area contributed by atoms with Crippen LogP contribution in [0.5, 0.6) is 0 Å². The molecule has 4 rings (SSSR count). The standard InChI is InChI=1S/C38H62O2Si2/c1-11-23-41(27(3)4,28(5)6)39-37-25-31(33-17-13-15-19-35(33)37)21-22-32-26-38(36-20-16-14-18-34(32)36)40-42(24-12-2,29(7)8)30(9)10/h11-20,27-38H,1-2,21-26H2,3-10H3. The molecule has 0 aromatic heterocycles. The smallest absolute Gasteiger partial charge is 0.201 e. The van der Waals surface area contributed by atoms with E-state index in [2.05, 4.69) is 129 Å². The minimum absolute atomic E-state index is 0.338. The van der Waals surface area contributed by atoms with Crippen molar-refractivity contribution in [3.63, 3.8) is 0 Å². The first-order valence-corrected chi connectivity index (χ1v) is 21.8. The van der Waals surface area contributed by atoms with Crippen LogP contribution in [0.25, 0.3) is 0 Å². The summed E-state index contributed by atoms with van der Waals surface area (Å²) in [5, 5.41) is 0. The van der Waals surface area contributed by atoms with Gasteiger partial charge in [-0.3, -0.25) is 0 Å². The molecule has 2 fully saturated rings. The van der Waals surface area contributed by atoms with E-state index in [-0.39, 0.29) is 0 Å². The zero-order valence-corrected chi connectivity index (χ0v) is 30.2. The summed E-state index contributed by atoms with van der Waals surface area (Å²) in [6.45, 7) is 27.4. The Labute approximate surface area is 261 Å². The summed E-state index contributed by atoms with van der Waals surface area (Å²) in [5.74, 6) is 3.63. The normalized spacial score (nSPS) is 32.4. The van der Waals surface area contributed by atoms with Gasteiger partial charge in [0.05, 0.1) is 12.2 Å². The van der Waals surface area contributed by atoms with E-state index in [1.54, 1.807) is 0 Å². The molecule has 8 unspecified atom stereocenters. The van der Waals surface area contributed by atoms with Gasteiger partial charge in [-0.05, 0) is 83.6 Å². The number of hydrogen-bond acceptors (Lipinski definition) is 2. The first kappa shape index (κ1) is 33.7. The molecular formula is C38H62O2Si2. The number of rotatable bonds is 15. The summed E-state index contributed by atoms with van der Waals surface area (Å²) in [7, 11) is -3.93. The van der Waals surface area contributed by atoms with Crippen molar-refractivity contribution in [2.45, 2.75) is 128 Å². The van der Waals surface area contributed by atoms with Crippen LogP contribution < -0.4 is 0 Å². The monoisotopic (exact) mass is 606 g/mol. The second-order valence-electron chi connectivity index (χ2n) is 15.2. The lowest BCUT2D eigenvalue weighted by Crippen LogP contribution is -2.48. The SMILES string of the molecule is C=CC[Si](OC1CC(CCC2CC(O[Si](CC=C)(C(C)C)C(C)C)C3C=CC=CC23)C2C=CC=CC12)(C(C)C)C(C)C. The van der Waals surface area contributed by atoms with Crippen LogP contribution in [0.1, 0.15) is 81.1 Å². The summed E-state index contributed by atoms with van der Waals surface area (Å²) in [6.07, 6.45) is 29.0. The highest BCUT2D eigenvalue weighted by Gasteiger charge is 2.51. The third-order valence-corrected chi connectivity index (χ3v) is 23.1. The van der Waals surface area contributed by atoms with Crippen LogP contribution in [-0.2, 0) is 8.85 Å². The molecule has 0 bridgehead atoms.